The summed E-state index contributed by atoms with van der Waals surface area (Å²) in [5, 5.41) is 9.02. The van der Waals surface area contributed by atoms with Crippen molar-refractivity contribution in [1.82, 2.24) is 16.0 Å². The molecule has 1 atom stereocenters. The smallest absolute Gasteiger partial charge is 0.242 e. The quantitative estimate of drug-likeness (QED) is 0.373. The highest BCUT2D eigenvalue weighted by atomic mass is 16.2. The van der Waals surface area contributed by atoms with Gasteiger partial charge < -0.3 is 16.0 Å². The van der Waals surface area contributed by atoms with Crippen molar-refractivity contribution < 1.29 is 9.59 Å². The summed E-state index contributed by atoms with van der Waals surface area (Å²) in [4.78, 5) is 22.8. The van der Waals surface area contributed by atoms with Gasteiger partial charge in [-0.2, -0.15) is 0 Å². The molecule has 1 heterocycles. The van der Waals surface area contributed by atoms with Crippen molar-refractivity contribution in [2.24, 2.45) is 0 Å². The molecule has 0 bridgehead atoms. The van der Waals surface area contributed by atoms with E-state index < -0.39 is 0 Å². The van der Waals surface area contributed by atoms with Crippen LogP contribution in [0.15, 0.2) is 0 Å². The Balaban J connectivity index is 1.74. The fourth-order valence-corrected chi connectivity index (χ4v) is 3.22. The average molecular weight is 354 g/mol. The Bertz CT molecular complexity index is 361. The molecule has 2 amide bonds. The molecule has 1 aliphatic heterocycles. The van der Waals surface area contributed by atoms with Crippen LogP contribution in [0.1, 0.15) is 90.4 Å². The van der Waals surface area contributed by atoms with Gasteiger partial charge in [-0.1, -0.05) is 64.7 Å². The van der Waals surface area contributed by atoms with Gasteiger partial charge >= 0.3 is 0 Å². The topological polar surface area (TPSA) is 70.2 Å². The molecule has 1 aliphatic rings. The molecule has 0 aliphatic carbocycles. The van der Waals surface area contributed by atoms with E-state index in [9.17, 15) is 9.59 Å². The molecule has 0 aromatic carbocycles. The van der Waals surface area contributed by atoms with Crippen LogP contribution in [0, 0.1) is 0 Å². The van der Waals surface area contributed by atoms with E-state index in [-0.39, 0.29) is 17.9 Å². The molecule has 3 N–H and O–H groups in total. The third kappa shape index (κ3) is 12.0. The van der Waals surface area contributed by atoms with Crippen molar-refractivity contribution in [3.63, 3.8) is 0 Å². The van der Waals surface area contributed by atoms with Gasteiger partial charge in [-0.15, -0.1) is 0 Å². The lowest BCUT2D eigenvalue weighted by molar-refractivity contribution is -0.125. The fraction of sp³-hybridized carbons (Fsp3) is 0.900. The molecule has 0 aromatic rings. The molecule has 0 aromatic heterocycles. The molecular weight excluding hydrogens is 314 g/mol. The van der Waals surface area contributed by atoms with Gasteiger partial charge in [0.15, 0.2) is 0 Å². The lowest BCUT2D eigenvalue weighted by atomic mass is 10.1. The maximum atomic E-state index is 11.8. The zero-order chi connectivity index (χ0) is 18.2. The van der Waals surface area contributed by atoms with Crippen LogP contribution in [0.25, 0.3) is 0 Å². The first-order valence-corrected chi connectivity index (χ1v) is 10.5. The van der Waals surface area contributed by atoms with Crippen molar-refractivity contribution in [2.75, 3.05) is 19.6 Å². The molecule has 5 nitrogen and oxygen atoms in total. The minimum atomic E-state index is -0.313. The minimum Gasteiger partial charge on any atom is -0.354 e. The Kier molecular flexibility index (Phi) is 13.3. The van der Waals surface area contributed by atoms with Gasteiger partial charge in [0.1, 0.15) is 6.04 Å². The Labute approximate surface area is 154 Å². The molecule has 1 saturated heterocycles. The molecular formula is C20H39N3O2. The molecule has 1 fully saturated rings. The van der Waals surface area contributed by atoms with Gasteiger partial charge in [0.05, 0.1) is 0 Å². The number of nitrogens with one attached hydrogen (secondary N) is 3. The van der Waals surface area contributed by atoms with Crippen molar-refractivity contribution in [3.8, 4) is 0 Å². The summed E-state index contributed by atoms with van der Waals surface area (Å²) >= 11 is 0. The summed E-state index contributed by atoms with van der Waals surface area (Å²) in [6.45, 7) is 4.95. The average Bonchev–Trinajstić information content (AvgIpc) is 3.04. The molecule has 0 saturated carbocycles. The van der Waals surface area contributed by atoms with Crippen LogP contribution in [0.3, 0.4) is 0 Å². The first kappa shape index (κ1) is 21.9. The van der Waals surface area contributed by atoms with Crippen LogP contribution in [0.5, 0.6) is 0 Å². The zero-order valence-electron chi connectivity index (χ0n) is 16.2. The Morgan fingerprint density at radius 2 is 1.52 bits per heavy atom. The highest BCUT2D eigenvalue weighted by Gasteiger charge is 2.26. The van der Waals surface area contributed by atoms with Gasteiger partial charge in [-0.3, -0.25) is 9.59 Å². The predicted octanol–water partition coefficient (Wildman–Crippen LogP) is 3.28. The normalized spacial score (nSPS) is 16.8. The number of hydrogen-bond acceptors (Lipinski definition) is 3. The number of amides is 2. The summed E-state index contributed by atoms with van der Waals surface area (Å²) in [6, 6.07) is -0.313. The van der Waals surface area contributed by atoms with Crippen molar-refractivity contribution in [1.29, 1.82) is 0 Å². The number of unbranched alkanes of at least 4 members (excludes halogenated alkanes) is 9. The molecule has 5 heteroatoms. The number of carbonyl (C=O) groups is 2. The summed E-state index contributed by atoms with van der Waals surface area (Å²) in [7, 11) is 0. The summed E-state index contributed by atoms with van der Waals surface area (Å²) in [5.41, 5.74) is 0. The van der Waals surface area contributed by atoms with Crippen LogP contribution in [0.2, 0.25) is 0 Å². The maximum Gasteiger partial charge on any atom is 0.242 e. The van der Waals surface area contributed by atoms with Crippen LogP contribution in [-0.4, -0.2) is 37.5 Å². The molecule has 146 valence electrons. The van der Waals surface area contributed by atoms with E-state index >= 15 is 0 Å². The van der Waals surface area contributed by atoms with E-state index in [2.05, 4.69) is 22.9 Å². The Morgan fingerprint density at radius 1 is 0.920 bits per heavy atom. The number of carbonyl (C=O) groups excluding carboxylic acids is 2. The predicted molar refractivity (Wildman–Crippen MR) is 104 cm³/mol. The maximum absolute atomic E-state index is 11.8. The van der Waals surface area contributed by atoms with Crippen molar-refractivity contribution >= 4 is 11.8 Å². The van der Waals surface area contributed by atoms with Gasteiger partial charge in [0.2, 0.25) is 11.8 Å². The van der Waals surface area contributed by atoms with E-state index in [0.717, 1.165) is 19.5 Å². The molecule has 0 spiro atoms. The molecule has 25 heavy (non-hydrogen) atoms. The molecule has 0 radical (unpaired) electrons. The van der Waals surface area contributed by atoms with E-state index in [0.29, 0.717) is 19.4 Å². The van der Waals surface area contributed by atoms with E-state index in [1.165, 1.54) is 64.2 Å². The van der Waals surface area contributed by atoms with E-state index in [1.807, 2.05) is 0 Å². The number of hydrogen-bond donors (Lipinski definition) is 3. The highest BCUT2D eigenvalue weighted by molar-refractivity contribution is 5.90. The Hall–Kier alpha value is -1.10. The third-order valence-corrected chi connectivity index (χ3v) is 4.85. The van der Waals surface area contributed by atoms with Crippen LogP contribution in [-0.2, 0) is 9.59 Å². The standard InChI is InChI=1S/C20H39N3O2/c1-2-3-4-5-6-7-8-9-10-11-15-21-16-12-17-22-20(25)18-13-14-19(24)23-18/h18,21H,2-17H2,1H3,(H,22,25)(H,23,24)/t18-/m1/s1. The summed E-state index contributed by atoms with van der Waals surface area (Å²) < 4.78 is 0. The lowest BCUT2D eigenvalue weighted by Gasteiger charge is -2.11. The van der Waals surface area contributed by atoms with Gasteiger partial charge in [0.25, 0.3) is 0 Å². The van der Waals surface area contributed by atoms with Gasteiger partial charge in [0, 0.05) is 13.0 Å². The van der Waals surface area contributed by atoms with Crippen LogP contribution in [0.4, 0.5) is 0 Å². The third-order valence-electron chi connectivity index (χ3n) is 4.85. The van der Waals surface area contributed by atoms with Crippen LogP contribution >= 0.6 is 0 Å². The highest BCUT2D eigenvalue weighted by Crippen LogP contribution is 2.10. The second-order valence-electron chi connectivity index (χ2n) is 7.24. The van der Waals surface area contributed by atoms with E-state index in [1.54, 1.807) is 0 Å². The minimum absolute atomic E-state index is 0.0155. The Morgan fingerprint density at radius 3 is 2.12 bits per heavy atom. The SMILES string of the molecule is CCCCCCCCCCCCNCCCNC(=O)[C@H]1CCC(=O)N1. The van der Waals surface area contributed by atoms with Gasteiger partial charge in [-0.25, -0.2) is 0 Å². The molecule has 1 rings (SSSR count). The second kappa shape index (κ2) is 15.2. The lowest BCUT2D eigenvalue weighted by Crippen LogP contribution is -2.42. The fourth-order valence-electron chi connectivity index (χ4n) is 3.22. The van der Waals surface area contributed by atoms with E-state index in [4.69, 9.17) is 0 Å². The zero-order valence-corrected chi connectivity index (χ0v) is 16.2. The first-order chi connectivity index (χ1) is 12.2. The monoisotopic (exact) mass is 353 g/mol. The second-order valence-corrected chi connectivity index (χ2v) is 7.24. The summed E-state index contributed by atoms with van der Waals surface area (Å²) in [5.74, 6) is -0.0566. The first-order valence-electron chi connectivity index (χ1n) is 10.5. The van der Waals surface area contributed by atoms with Gasteiger partial charge in [-0.05, 0) is 32.4 Å². The van der Waals surface area contributed by atoms with Crippen molar-refractivity contribution in [2.45, 2.75) is 96.4 Å². The number of rotatable bonds is 16. The summed E-state index contributed by atoms with van der Waals surface area (Å²) in [6.07, 6.45) is 15.7. The van der Waals surface area contributed by atoms with Crippen molar-refractivity contribution in [3.05, 3.63) is 0 Å². The molecule has 0 unspecified atom stereocenters. The van der Waals surface area contributed by atoms with Crippen LogP contribution < -0.4 is 16.0 Å². The largest absolute Gasteiger partial charge is 0.354 e.